The van der Waals surface area contributed by atoms with Crippen molar-refractivity contribution in [1.82, 2.24) is 0 Å². The van der Waals surface area contributed by atoms with E-state index in [4.69, 9.17) is 36.6 Å². The average molecular weight is 286 g/mol. The Bertz CT molecular complexity index is 202. The fourth-order valence-electron chi connectivity index (χ4n) is 1.04. The summed E-state index contributed by atoms with van der Waals surface area (Å²) in [5.74, 6) is 0. The molecule has 0 saturated heterocycles. The van der Waals surface area contributed by atoms with Crippen LogP contribution in [0.15, 0.2) is 24.3 Å². The fraction of sp³-hybridized carbons (Fsp3) is 0.400. The van der Waals surface area contributed by atoms with Crippen molar-refractivity contribution in [2.24, 2.45) is 0 Å². The molecule has 1 aromatic rings. The molecule has 0 aliphatic heterocycles. The molecule has 18 heavy (non-hydrogen) atoms. The third-order valence-corrected chi connectivity index (χ3v) is 1.66. The topological polar surface area (TPSA) is 0 Å². The molecule has 0 aliphatic rings. The molecule has 0 spiro atoms. The summed E-state index contributed by atoms with van der Waals surface area (Å²) in [5.41, 5.74) is 2.80. The maximum Gasteiger partial charge on any atom is 0 e. The second kappa shape index (κ2) is 29.6. The third-order valence-electron chi connectivity index (χ3n) is 1.66. The van der Waals surface area contributed by atoms with E-state index in [2.05, 4.69) is 38.1 Å². The van der Waals surface area contributed by atoms with E-state index in [0.717, 1.165) is 0 Å². The zero-order valence-electron chi connectivity index (χ0n) is 9.75. The molecule has 0 unspecified atom stereocenters. The van der Waals surface area contributed by atoms with E-state index in [1.54, 1.807) is 0 Å². The van der Waals surface area contributed by atoms with Gasteiger partial charge in [-0.15, -0.1) is 0 Å². The Morgan fingerprint density at radius 1 is 0.722 bits per heavy atom. The van der Waals surface area contributed by atoms with Crippen LogP contribution in [0.3, 0.4) is 0 Å². The molecule has 8 heteroatoms. The van der Waals surface area contributed by atoms with Gasteiger partial charge in [0.05, 0.1) is 0 Å². The summed E-state index contributed by atoms with van der Waals surface area (Å²) in [6.07, 6.45) is 2.45. The van der Waals surface area contributed by atoms with Crippen molar-refractivity contribution >= 4 is 0 Å². The maximum absolute atomic E-state index is 8.00. The number of halogens is 8. The second-order valence-corrected chi connectivity index (χ2v) is 2.74. The van der Waals surface area contributed by atoms with Gasteiger partial charge in [0.2, 0.25) is 0 Å². The van der Waals surface area contributed by atoms with Gasteiger partial charge in [-0.25, -0.2) is 0 Å². The molecule has 0 radical (unpaired) electrons. The summed E-state index contributed by atoms with van der Waals surface area (Å²) < 4.78 is 64.0. The molecule has 0 aliphatic carbocycles. The number of benzene rings is 1. The van der Waals surface area contributed by atoms with Gasteiger partial charge in [-0.3, -0.25) is 0 Å². The highest BCUT2D eigenvalue weighted by Crippen LogP contribution is 2.04. The van der Waals surface area contributed by atoms with E-state index in [9.17, 15) is 0 Å². The first-order valence-corrected chi connectivity index (χ1v) is 4.45. The molecular weight excluding hydrogens is 272 g/mol. The molecule has 0 N–H and O–H groups in total. The van der Waals surface area contributed by atoms with Crippen LogP contribution < -0.4 is 0 Å². The Labute approximate surface area is 99.7 Å². The standard InChI is InChI=1S/C10H14.4F2/c1-3-4-10-7-5-9(2)6-8-10;4*1-2/h5-8H,3-4H2,1-2H3;;;;. The van der Waals surface area contributed by atoms with Gasteiger partial charge in [0.25, 0.3) is 0 Å². The van der Waals surface area contributed by atoms with Gasteiger partial charge in [0.15, 0.2) is 0 Å². The number of hydrogen-bond acceptors (Lipinski definition) is 0. The Balaban J connectivity index is -0.000000105. The zero-order valence-corrected chi connectivity index (χ0v) is 9.75. The predicted octanol–water partition coefficient (Wildman–Crippen LogP) is 6.31. The normalized spacial score (nSPS) is 6.78. The lowest BCUT2D eigenvalue weighted by Gasteiger charge is -1.97. The monoisotopic (exact) mass is 286 g/mol. The summed E-state index contributed by atoms with van der Waals surface area (Å²) in [4.78, 5) is 0. The lowest BCUT2D eigenvalue weighted by Crippen LogP contribution is -1.81. The fourth-order valence-corrected chi connectivity index (χ4v) is 1.04. The van der Waals surface area contributed by atoms with Crippen molar-refractivity contribution in [3.05, 3.63) is 35.4 Å². The Morgan fingerprint density at radius 2 is 1.06 bits per heavy atom. The van der Waals surface area contributed by atoms with Crippen LogP contribution in [0.1, 0.15) is 24.5 Å². The van der Waals surface area contributed by atoms with Gasteiger partial charge in [-0.05, 0) is 18.9 Å². The van der Waals surface area contributed by atoms with Crippen molar-refractivity contribution in [3.8, 4) is 0 Å². The smallest absolute Gasteiger partial charge is 0 e. The van der Waals surface area contributed by atoms with Crippen molar-refractivity contribution in [2.45, 2.75) is 26.7 Å². The van der Waals surface area contributed by atoms with Gasteiger partial charge in [0.1, 0.15) is 0 Å². The van der Waals surface area contributed by atoms with Crippen LogP contribution in [0, 0.1) is 6.92 Å². The van der Waals surface area contributed by atoms with Gasteiger partial charge in [-0.2, -0.15) is 0 Å². The van der Waals surface area contributed by atoms with Crippen molar-refractivity contribution < 1.29 is 36.6 Å². The SMILES string of the molecule is CCCc1ccc(C)cc1.FF.FF.FF.FF. The van der Waals surface area contributed by atoms with Crippen LogP contribution in [-0.2, 0) is 6.42 Å². The van der Waals surface area contributed by atoms with E-state index in [0.29, 0.717) is 0 Å². The molecule has 0 atom stereocenters. The van der Waals surface area contributed by atoms with Crippen LogP contribution in [-0.4, -0.2) is 0 Å². The minimum Gasteiger partial charge on any atom is -0.0651 e. The van der Waals surface area contributed by atoms with Crippen LogP contribution in [0.4, 0.5) is 36.6 Å². The lowest BCUT2D eigenvalue weighted by molar-refractivity contribution is 0.108. The molecule has 110 valence electrons. The highest BCUT2D eigenvalue weighted by atomic mass is 20.0. The van der Waals surface area contributed by atoms with Crippen LogP contribution in [0.2, 0.25) is 0 Å². The van der Waals surface area contributed by atoms with Crippen LogP contribution in [0.5, 0.6) is 0 Å². The predicted molar refractivity (Wildman–Crippen MR) is 54.0 cm³/mol. The zero-order chi connectivity index (χ0) is 15.4. The molecule has 1 rings (SSSR count). The molecular formula is C10H14F8. The highest BCUT2D eigenvalue weighted by molar-refractivity contribution is 5.21. The first-order chi connectivity index (χ1) is 8.83. The Morgan fingerprint density at radius 3 is 1.33 bits per heavy atom. The summed E-state index contributed by atoms with van der Waals surface area (Å²) in [5, 5.41) is 0. The maximum atomic E-state index is 8.00. The van der Waals surface area contributed by atoms with E-state index in [-0.39, 0.29) is 0 Å². The first kappa shape index (κ1) is 25.5. The summed E-state index contributed by atoms with van der Waals surface area (Å²) >= 11 is 0. The quantitative estimate of drug-likeness (QED) is 0.559. The number of hydrogen-bond donors (Lipinski definition) is 0. The Hall–Kier alpha value is -1.34. The van der Waals surface area contributed by atoms with E-state index in [1.807, 2.05) is 0 Å². The summed E-state index contributed by atoms with van der Waals surface area (Å²) in [7, 11) is 0. The molecule has 0 amide bonds. The largest absolute Gasteiger partial charge is 0.0651 e. The molecule has 1 aromatic carbocycles. The first-order valence-electron chi connectivity index (χ1n) is 4.45. The summed E-state index contributed by atoms with van der Waals surface area (Å²) in [6, 6.07) is 8.76. The van der Waals surface area contributed by atoms with Gasteiger partial charge in [-0.1, -0.05) is 43.2 Å². The molecule has 0 fully saturated rings. The average Bonchev–Trinajstić information content (AvgIpc) is 2.50. The van der Waals surface area contributed by atoms with Crippen LogP contribution in [0.25, 0.3) is 0 Å². The van der Waals surface area contributed by atoms with Crippen molar-refractivity contribution in [3.63, 3.8) is 0 Å². The van der Waals surface area contributed by atoms with Crippen molar-refractivity contribution in [1.29, 1.82) is 0 Å². The van der Waals surface area contributed by atoms with E-state index >= 15 is 0 Å². The summed E-state index contributed by atoms with van der Waals surface area (Å²) in [6.45, 7) is 4.33. The van der Waals surface area contributed by atoms with Gasteiger partial charge < -0.3 is 0 Å². The van der Waals surface area contributed by atoms with Gasteiger partial charge >= 0.3 is 0 Å². The van der Waals surface area contributed by atoms with Gasteiger partial charge in [0, 0.05) is 36.6 Å². The lowest BCUT2D eigenvalue weighted by atomic mass is 10.1. The molecule has 0 saturated carbocycles. The van der Waals surface area contributed by atoms with E-state index < -0.39 is 0 Å². The minimum atomic E-state index is 1.21. The minimum absolute atomic E-state index is 1.21. The Kier molecular flexibility index (Phi) is 41.9. The van der Waals surface area contributed by atoms with E-state index in [1.165, 1.54) is 24.0 Å². The second-order valence-electron chi connectivity index (χ2n) is 2.74. The number of aryl methyl sites for hydroxylation is 2. The van der Waals surface area contributed by atoms with Crippen molar-refractivity contribution in [2.75, 3.05) is 0 Å². The van der Waals surface area contributed by atoms with Crippen LogP contribution >= 0.6 is 0 Å². The highest BCUT2D eigenvalue weighted by Gasteiger charge is 1.87. The number of rotatable bonds is 2. The molecule has 0 bridgehead atoms. The molecule has 0 heterocycles. The third kappa shape index (κ3) is 20.1. The molecule has 0 aromatic heterocycles. The molecule has 0 nitrogen and oxygen atoms in total.